The van der Waals surface area contributed by atoms with E-state index in [1.165, 1.54) is 25.7 Å². The fourth-order valence-corrected chi connectivity index (χ4v) is 3.98. The molecule has 25 heavy (non-hydrogen) atoms. The zero-order valence-corrected chi connectivity index (χ0v) is 14.4. The van der Waals surface area contributed by atoms with E-state index in [0.717, 1.165) is 48.6 Å². The summed E-state index contributed by atoms with van der Waals surface area (Å²) >= 11 is 0. The standard InChI is InChI=1S/C20H24N4O/c1-2-15-3-8-19-18(13-15)20(22-14-21-19)23-16-4-6-17(7-5-16)24-9-11-25-12-10-24/h1,3,8,13-14,16-17H,4-7,9-12H2,(H,21,22,23). The second-order valence-electron chi connectivity index (χ2n) is 6.90. The van der Waals surface area contributed by atoms with Crippen molar-refractivity contribution < 1.29 is 4.74 Å². The number of hydrogen-bond acceptors (Lipinski definition) is 5. The summed E-state index contributed by atoms with van der Waals surface area (Å²) in [6.07, 6.45) is 12.0. The zero-order valence-electron chi connectivity index (χ0n) is 14.4. The normalized spacial score (nSPS) is 24.8. The maximum absolute atomic E-state index is 5.54. The monoisotopic (exact) mass is 336 g/mol. The third-order valence-electron chi connectivity index (χ3n) is 5.40. The van der Waals surface area contributed by atoms with Crippen LogP contribution in [-0.4, -0.2) is 53.3 Å². The summed E-state index contributed by atoms with van der Waals surface area (Å²) in [7, 11) is 0. The number of anilines is 1. The number of terminal acetylenes is 1. The van der Waals surface area contributed by atoms with Gasteiger partial charge < -0.3 is 10.1 Å². The SMILES string of the molecule is C#Cc1ccc2ncnc(NC3CCC(N4CCOCC4)CC3)c2c1. The topological polar surface area (TPSA) is 50.3 Å². The van der Waals surface area contributed by atoms with Gasteiger partial charge >= 0.3 is 0 Å². The molecule has 0 amide bonds. The van der Waals surface area contributed by atoms with Crippen molar-refractivity contribution in [3.63, 3.8) is 0 Å². The van der Waals surface area contributed by atoms with E-state index < -0.39 is 0 Å². The van der Waals surface area contributed by atoms with Gasteiger partial charge in [-0.1, -0.05) is 5.92 Å². The molecule has 5 nitrogen and oxygen atoms in total. The molecule has 5 heteroatoms. The van der Waals surface area contributed by atoms with Crippen molar-refractivity contribution in [1.29, 1.82) is 0 Å². The first-order valence-electron chi connectivity index (χ1n) is 9.13. The first-order chi connectivity index (χ1) is 12.3. The summed E-state index contributed by atoms with van der Waals surface area (Å²) in [4.78, 5) is 11.4. The Hall–Kier alpha value is -2.16. The molecule has 2 fully saturated rings. The lowest BCUT2D eigenvalue weighted by Crippen LogP contribution is -2.46. The van der Waals surface area contributed by atoms with Crippen molar-refractivity contribution in [1.82, 2.24) is 14.9 Å². The minimum absolute atomic E-state index is 0.463. The third kappa shape index (κ3) is 3.60. The van der Waals surface area contributed by atoms with Gasteiger partial charge in [0.25, 0.3) is 0 Å². The lowest BCUT2D eigenvalue weighted by Gasteiger charge is -2.39. The molecule has 0 spiro atoms. The number of benzene rings is 1. The van der Waals surface area contributed by atoms with E-state index in [1.807, 2.05) is 18.2 Å². The van der Waals surface area contributed by atoms with Crippen LogP contribution >= 0.6 is 0 Å². The van der Waals surface area contributed by atoms with Gasteiger partial charge in [-0.2, -0.15) is 0 Å². The molecule has 2 aromatic rings. The lowest BCUT2D eigenvalue weighted by atomic mass is 9.90. The number of rotatable bonds is 3. The average Bonchev–Trinajstić information content (AvgIpc) is 2.69. The van der Waals surface area contributed by atoms with Crippen LogP contribution in [0.5, 0.6) is 0 Å². The Morgan fingerprint density at radius 2 is 1.92 bits per heavy atom. The van der Waals surface area contributed by atoms with Crippen molar-refractivity contribution in [2.75, 3.05) is 31.6 Å². The molecule has 1 saturated heterocycles. The summed E-state index contributed by atoms with van der Waals surface area (Å²) in [6.45, 7) is 3.91. The highest BCUT2D eigenvalue weighted by Gasteiger charge is 2.27. The van der Waals surface area contributed by atoms with Crippen molar-refractivity contribution in [2.45, 2.75) is 37.8 Å². The Balaban J connectivity index is 1.43. The molecule has 1 aromatic heterocycles. The van der Waals surface area contributed by atoms with E-state index in [9.17, 15) is 0 Å². The molecule has 1 N–H and O–H groups in total. The van der Waals surface area contributed by atoms with Gasteiger partial charge in [-0.15, -0.1) is 6.42 Å². The van der Waals surface area contributed by atoms with E-state index in [4.69, 9.17) is 11.2 Å². The minimum atomic E-state index is 0.463. The summed E-state index contributed by atoms with van der Waals surface area (Å²) in [5, 5.41) is 4.64. The quantitative estimate of drug-likeness (QED) is 0.874. The second-order valence-corrected chi connectivity index (χ2v) is 6.90. The molecule has 0 bridgehead atoms. The molecule has 1 aliphatic carbocycles. The Morgan fingerprint density at radius 3 is 2.68 bits per heavy atom. The Morgan fingerprint density at radius 1 is 1.12 bits per heavy atom. The first kappa shape index (κ1) is 16.3. The molecule has 0 radical (unpaired) electrons. The molecule has 4 rings (SSSR count). The fraction of sp³-hybridized carbons (Fsp3) is 0.500. The average molecular weight is 336 g/mol. The molecular weight excluding hydrogens is 312 g/mol. The van der Waals surface area contributed by atoms with Crippen molar-refractivity contribution >= 4 is 16.7 Å². The summed E-state index contributed by atoms with van der Waals surface area (Å²) < 4.78 is 5.47. The number of hydrogen-bond donors (Lipinski definition) is 1. The first-order valence-corrected chi connectivity index (χ1v) is 9.13. The number of aromatic nitrogens is 2. The number of nitrogens with zero attached hydrogens (tertiary/aromatic N) is 3. The predicted octanol–water partition coefficient (Wildman–Crippen LogP) is 2.67. The molecule has 0 atom stereocenters. The molecule has 1 saturated carbocycles. The smallest absolute Gasteiger partial charge is 0.137 e. The minimum Gasteiger partial charge on any atom is -0.379 e. The third-order valence-corrected chi connectivity index (χ3v) is 5.40. The highest BCUT2D eigenvalue weighted by Crippen LogP contribution is 2.28. The number of fused-ring (bicyclic) bond motifs is 1. The Bertz CT molecular complexity index is 771. The fourth-order valence-electron chi connectivity index (χ4n) is 3.98. The van der Waals surface area contributed by atoms with Gasteiger partial charge in [-0.05, 0) is 43.9 Å². The van der Waals surface area contributed by atoms with Gasteiger partial charge in [0.05, 0.1) is 18.7 Å². The van der Waals surface area contributed by atoms with E-state index >= 15 is 0 Å². The van der Waals surface area contributed by atoms with Crippen LogP contribution in [0.1, 0.15) is 31.2 Å². The molecule has 2 aliphatic rings. The molecule has 0 unspecified atom stereocenters. The molecular formula is C20H24N4O. The van der Waals surface area contributed by atoms with Crippen molar-refractivity contribution in [3.05, 3.63) is 30.1 Å². The van der Waals surface area contributed by atoms with E-state index in [2.05, 4.69) is 26.1 Å². The second kappa shape index (κ2) is 7.38. The van der Waals surface area contributed by atoms with Crippen LogP contribution in [0.15, 0.2) is 24.5 Å². The molecule has 1 aliphatic heterocycles. The molecule has 2 heterocycles. The summed E-state index contributed by atoms with van der Waals surface area (Å²) in [5.41, 5.74) is 1.79. The number of nitrogens with one attached hydrogen (secondary N) is 1. The van der Waals surface area contributed by atoms with Crippen LogP contribution in [-0.2, 0) is 4.74 Å². The summed E-state index contributed by atoms with van der Waals surface area (Å²) in [6, 6.07) is 7.05. The summed E-state index contributed by atoms with van der Waals surface area (Å²) in [5.74, 6) is 3.59. The number of morpholine rings is 1. The highest BCUT2D eigenvalue weighted by molar-refractivity contribution is 5.90. The predicted molar refractivity (Wildman–Crippen MR) is 99.5 cm³/mol. The van der Waals surface area contributed by atoms with Crippen LogP contribution in [0.4, 0.5) is 5.82 Å². The Labute approximate surface area is 148 Å². The van der Waals surface area contributed by atoms with Gasteiger partial charge in [0.2, 0.25) is 0 Å². The van der Waals surface area contributed by atoms with Crippen LogP contribution in [0, 0.1) is 12.3 Å². The highest BCUT2D eigenvalue weighted by atomic mass is 16.5. The van der Waals surface area contributed by atoms with E-state index in [-0.39, 0.29) is 0 Å². The van der Waals surface area contributed by atoms with Crippen LogP contribution in [0.2, 0.25) is 0 Å². The van der Waals surface area contributed by atoms with E-state index in [1.54, 1.807) is 6.33 Å². The maximum atomic E-state index is 5.54. The molecule has 130 valence electrons. The van der Waals surface area contributed by atoms with Gasteiger partial charge in [0.15, 0.2) is 0 Å². The van der Waals surface area contributed by atoms with Crippen LogP contribution in [0.25, 0.3) is 10.9 Å². The van der Waals surface area contributed by atoms with Crippen molar-refractivity contribution in [2.24, 2.45) is 0 Å². The van der Waals surface area contributed by atoms with Crippen LogP contribution in [0.3, 0.4) is 0 Å². The zero-order chi connectivity index (χ0) is 17.1. The number of ether oxygens (including phenoxy) is 1. The maximum Gasteiger partial charge on any atom is 0.137 e. The van der Waals surface area contributed by atoms with Gasteiger partial charge in [0, 0.05) is 36.1 Å². The van der Waals surface area contributed by atoms with Gasteiger partial charge in [0.1, 0.15) is 12.1 Å². The molecule has 1 aromatic carbocycles. The largest absolute Gasteiger partial charge is 0.379 e. The Kier molecular flexibility index (Phi) is 4.82. The van der Waals surface area contributed by atoms with Crippen molar-refractivity contribution in [3.8, 4) is 12.3 Å². The van der Waals surface area contributed by atoms with E-state index in [0.29, 0.717) is 12.1 Å². The lowest BCUT2D eigenvalue weighted by molar-refractivity contribution is 0.00791. The van der Waals surface area contributed by atoms with Crippen LogP contribution < -0.4 is 5.32 Å². The van der Waals surface area contributed by atoms with Gasteiger partial charge in [-0.25, -0.2) is 9.97 Å². The van der Waals surface area contributed by atoms with Gasteiger partial charge in [-0.3, -0.25) is 4.90 Å².